The predicted octanol–water partition coefficient (Wildman–Crippen LogP) is 5.92. The molecule has 9 rings (SSSR count). The molecule has 5 N–H and O–H groups in total. The fourth-order valence-electron chi connectivity index (χ4n) is 10.1. The molecule has 10 nitrogen and oxygen atoms in total. The van der Waals surface area contributed by atoms with Crippen molar-refractivity contribution in [1.82, 2.24) is 15.5 Å². The van der Waals surface area contributed by atoms with Crippen LogP contribution in [0.1, 0.15) is 77.4 Å². The van der Waals surface area contributed by atoms with Crippen LogP contribution in [0.15, 0.2) is 84.9 Å². The number of hydrogen-bond donors (Lipinski definition) is 5. The van der Waals surface area contributed by atoms with Crippen molar-refractivity contribution in [2.45, 2.75) is 68.9 Å². The van der Waals surface area contributed by atoms with Gasteiger partial charge in [-0.1, -0.05) is 36.4 Å². The first-order valence-corrected chi connectivity index (χ1v) is 20.9. The van der Waals surface area contributed by atoms with Crippen LogP contribution in [0.4, 0.5) is 20.2 Å². The minimum atomic E-state index is -1.09. The molecule has 5 aliphatic heterocycles. The van der Waals surface area contributed by atoms with Gasteiger partial charge in [0.15, 0.2) is 0 Å². The zero-order chi connectivity index (χ0) is 40.0. The lowest BCUT2D eigenvalue weighted by Crippen LogP contribution is -2.60. The molecule has 4 saturated heterocycles. The second-order valence-electron chi connectivity index (χ2n) is 17.3. The Bertz CT molecular complexity index is 2100. The van der Waals surface area contributed by atoms with Crippen LogP contribution in [0.3, 0.4) is 0 Å². The Kier molecular flexibility index (Phi) is 10.8. The number of nitrogens with zero attached hydrogens (tertiary/aromatic N) is 3. The van der Waals surface area contributed by atoms with Crippen LogP contribution >= 0.6 is 0 Å². The number of carbonyl (C=O) groups excluding carboxylic acids is 1. The number of ether oxygens (including phenoxy) is 1. The standard InChI is InChI=1S/C46H53F2N5O5/c47-38-4-2-1-3-34(38)37-26-58-41-24-33(54)10-12-36(41)43(37)30-5-7-31(8-6-30)52-19-15-29(16-20-52)25-51-21-17-46(18-22-51)27-53(28-46)32-9-11-35(39(48)23-32)44(56)49-40-13-14-42(55)50-45(40)57/h1-12,23-24,29,37,40,42-43,45,50,54-55,57H,13-22,25-28H2,(H,49,56). The van der Waals surface area contributed by atoms with E-state index in [0.717, 1.165) is 88.3 Å². The van der Waals surface area contributed by atoms with Gasteiger partial charge in [-0.25, -0.2) is 8.78 Å². The molecule has 58 heavy (non-hydrogen) atoms. The summed E-state index contributed by atoms with van der Waals surface area (Å²) in [5.41, 5.74) is 4.87. The van der Waals surface area contributed by atoms with Crippen molar-refractivity contribution in [3.8, 4) is 11.5 Å². The molecule has 12 heteroatoms. The Labute approximate surface area is 338 Å². The normalized spacial score (nSPS) is 26.1. The van der Waals surface area contributed by atoms with Crippen molar-refractivity contribution in [1.29, 1.82) is 0 Å². The van der Waals surface area contributed by atoms with E-state index in [2.05, 4.69) is 49.6 Å². The van der Waals surface area contributed by atoms with E-state index in [-0.39, 0.29) is 34.4 Å². The van der Waals surface area contributed by atoms with Gasteiger partial charge in [0.25, 0.3) is 5.91 Å². The molecule has 4 aromatic rings. The van der Waals surface area contributed by atoms with Crippen LogP contribution in [0.5, 0.6) is 11.5 Å². The van der Waals surface area contributed by atoms with Crippen LogP contribution in [-0.4, -0.2) is 97.0 Å². The molecule has 4 aromatic carbocycles. The first kappa shape index (κ1) is 38.8. The second-order valence-corrected chi connectivity index (χ2v) is 17.3. The van der Waals surface area contributed by atoms with Gasteiger partial charge in [-0.2, -0.15) is 0 Å². The van der Waals surface area contributed by atoms with E-state index in [9.17, 15) is 20.1 Å². The van der Waals surface area contributed by atoms with Gasteiger partial charge in [0.1, 0.15) is 35.6 Å². The number of phenolic OH excluding ortho intramolecular Hbond substituents is 1. The fraction of sp³-hybridized carbons (Fsp3) is 0.457. The predicted molar refractivity (Wildman–Crippen MR) is 218 cm³/mol. The number of piperidine rings is 3. The maximum Gasteiger partial charge on any atom is 0.254 e. The molecule has 0 aromatic heterocycles. The largest absolute Gasteiger partial charge is 0.508 e. The van der Waals surface area contributed by atoms with Gasteiger partial charge >= 0.3 is 0 Å². The van der Waals surface area contributed by atoms with Crippen molar-refractivity contribution in [2.75, 3.05) is 62.2 Å². The number of phenols is 1. The molecule has 5 atom stereocenters. The lowest BCUT2D eigenvalue weighted by Gasteiger charge is -2.55. The van der Waals surface area contributed by atoms with Crippen molar-refractivity contribution in [2.24, 2.45) is 11.3 Å². The summed E-state index contributed by atoms with van der Waals surface area (Å²) in [5, 5.41) is 35.2. The highest BCUT2D eigenvalue weighted by Crippen LogP contribution is 2.48. The summed E-state index contributed by atoms with van der Waals surface area (Å²) < 4.78 is 36.3. The zero-order valence-electron chi connectivity index (χ0n) is 32.7. The van der Waals surface area contributed by atoms with Crippen molar-refractivity contribution < 1.29 is 33.6 Å². The van der Waals surface area contributed by atoms with Crippen LogP contribution in [-0.2, 0) is 0 Å². The average Bonchev–Trinajstić information content (AvgIpc) is 3.21. The average molecular weight is 794 g/mol. The van der Waals surface area contributed by atoms with Crippen LogP contribution < -0.4 is 25.2 Å². The Morgan fingerprint density at radius 3 is 2.28 bits per heavy atom. The third-order valence-electron chi connectivity index (χ3n) is 13.5. The van der Waals surface area contributed by atoms with Gasteiger partial charge in [0.05, 0.1) is 18.2 Å². The molecule has 5 unspecified atom stereocenters. The van der Waals surface area contributed by atoms with Crippen LogP contribution in [0.2, 0.25) is 0 Å². The van der Waals surface area contributed by atoms with Crippen molar-refractivity contribution in [3.63, 3.8) is 0 Å². The minimum absolute atomic E-state index is 0.0504. The van der Waals surface area contributed by atoms with E-state index >= 15 is 8.78 Å². The van der Waals surface area contributed by atoms with Crippen molar-refractivity contribution >= 4 is 17.3 Å². The topological polar surface area (TPSA) is 121 Å². The van der Waals surface area contributed by atoms with Gasteiger partial charge in [-0.3, -0.25) is 10.1 Å². The SMILES string of the molecule is O=C(NC1CCC(O)NC1O)c1ccc(N2CC3(CCN(CC4CCN(c5ccc(C6c7ccc(O)cc7OCC6c6ccccc6F)cc5)CC4)CC3)C2)cc1F. The van der Waals surface area contributed by atoms with Gasteiger partial charge in [0, 0.05) is 73.0 Å². The Morgan fingerprint density at radius 1 is 0.810 bits per heavy atom. The van der Waals surface area contributed by atoms with E-state index in [1.54, 1.807) is 18.2 Å². The minimum Gasteiger partial charge on any atom is -0.508 e. The van der Waals surface area contributed by atoms with Crippen molar-refractivity contribution in [3.05, 3.63) is 119 Å². The molecule has 0 aliphatic carbocycles. The van der Waals surface area contributed by atoms with E-state index in [1.807, 2.05) is 24.3 Å². The Morgan fingerprint density at radius 2 is 1.55 bits per heavy atom. The number of aromatic hydroxyl groups is 1. The number of aliphatic hydroxyl groups excluding tert-OH is 2. The summed E-state index contributed by atoms with van der Waals surface area (Å²) in [4.78, 5) is 20.1. The number of rotatable bonds is 8. The quantitative estimate of drug-likeness (QED) is 0.148. The molecular formula is C46H53F2N5O5. The Hall–Kier alpha value is -4.75. The van der Waals surface area contributed by atoms with E-state index in [0.29, 0.717) is 36.7 Å². The molecule has 4 fully saturated rings. The smallest absolute Gasteiger partial charge is 0.254 e. The number of halogens is 2. The number of likely N-dealkylation sites (tertiary alicyclic amines) is 1. The summed E-state index contributed by atoms with van der Waals surface area (Å²) >= 11 is 0. The monoisotopic (exact) mass is 793 g/mol. The highest BCUT2D eigenvalue weighted by atomic mass is 19.1. The molecule has 5 aliphatic rings. The number of anilines is 2. The highest BCUT2D eigenvalue weighted by Gasteiger charge is 2.45. The van der Waals surface area contributed by atoms with Gasteiger partial charge in [-0.15, -0.1) is 0 Å². The first-order valence-electron chi connectivity index (χ1n) is 20.9. The van der Waals surface area contributed by atoms with Crippen LogP contribution in [0, 0.1) is 23.0 Å². The Balaban J connectivity index is 0.748. The molecule has 0 bridgehead atoms. The highest BCUT2D eigenvalue weighted by molar-refractivity contribution is 5.95. The number of amides is 1. The number of benzene rings is 4. The molecule has 1 amide bonds. The summed E-state index contributed by atoms with van der Waals surface area (Å²) in [6.07, 6.45) is 3.42. The lowest BCUT2D eigenvalue weighted by atomic mass is 9.71. The fourth-order valence-corrected chi connectivity index (χ4v) is 10.1. The van der Waals surface area contributed by atoms with Crippen LogP contribution in [0.25, 0.3) is 0 Å². The maximum atomic E-state index is 15.1. The number of nitrogens with one attached hydrogen (secondary N) is 2. The number of carbonyl (C=O) groups is 1. The third-order valence-corrected chi connectivity index (χ3v) is 13.5. The van der Waals surface area contributed by atoms with E-state index < -0.39 is 30.2 Å². The number of hydrogen-bond acceptors (Lipinski definition) is 9. The number of aliphatic hydroxyl groups is 2. The molecule has 5 heterocycles. The molecule has 1 spiro atoms. The van der Waals surface area contributed by atoms with Gasteiger partial charge in [-0.05, 0) is 111 Å². The molecule has 306 valence electrons. The van der Waals surface area contributed by atoms with Gasteiger partial charge in [0.2, 0.25) is 0 Å². The lowest BCUT2D eigenvalue weighted by molar-refractivity contribution is -0.0161. The molecular weight excluding hydrogens is 741 g/mol. The maximum absolute atomic E-state index is 15.1. The summed E-state index contributed by atoms with van der Waals surface area (Å²) in [6.45, 7) is 7.39. The zero-order valence-corrected chi connectivity index (χ0v) is 32.7. The summed E-state index contributed by atoms with van der Waals surface area (Å²) in [5.74, 6) is -0.244. The second kappa shape index (κ2) is 16.1. The van der Waals surface area contributed by atoms with Gasteiger partial charge < -0.3 is 40.1 Å². The third kappa shape index (κ3) is 7.87. The molecule has 0 saturated carbocycles. The first-order chi connectivity index (χ1) is 28.1. The summed E-state index contributed by atoms with van der Waals surface area (Å²) in [7, 11) is 0. The molecule has 0 radical (unpaired) electrons. The summed E-state index contributed by atoms with van der Waals surface area (Å²) in [6, 6.07) is 25.1. The van der Waals surface area contributed by atoms with E-state index in [4.69, 9.17) is 4.74 Å². The van der Waals surface area contributed by atoms with E-state index in [1.165, 1.54) is 23.9 Å². The number of fused-ring (bicyclic) bond motifs is 1.